The monoisotopic (exact) mass is 380 g/mol. The van der Waals surface area contributed by atoms with Crippen LogP contribution >= 0.6 is 0 Å². The number of nitrogens with one attached hydrogen (secondary N) is 1. The molecule has 0 atom stereocenters. The van der Waals surface area contributed by atoms with E-state index >= 15 is 0 Å². The van der Waals surface area contributed by atoms with Crippen LogP contribution in [0.3, 0.4) is 0 Å². The Kier molecular flexibility index (Phi) is 7.96. The summed E-state index contributed by atoms with van der Waals surface area (Å²) in [5, 5.41) is 0. The third kappa shape index (κ3) is 6.27. The topological polar surface area (TPSA) is 49.4 Å². The van der Waals surface area contributed by atoms with E-state index in [1.54, 1.807) is 0 Å². The Morgan fingerprint density at radius 2 is 1.81 bits per heavy atom. The highest BCUT2D eigenvalue weighted by Crippen LogP contribution is 2.40. The van der Waals surface area contributed by atoms with E-state index < -0.39 is 10.0 Å². The number of nitrogens with zero attached hydrogens (tertiary/aromatic N) is 1. The third-order valence-electron chi connectivity index (χ3n) is 5.65. The molecule has 4 nitrogen and oxygen atoms in total. The molecule has 0 aromatic heterocycles. The second-order valence-corrected chi connectivity index (χ2v) is 9.64. The summed E-state index contributed by atoms with van der Waals surface area (Å²) in [6.45, 7) is 8.02. The molecule has 0 amide bonds. The fourth-order valence-electron chi connectivity index (χ4n) is 4.26. The van der Waals surface area contributed by atoms with Gasteiger partial charge in [-0.3, -0.25) is 4.72 Å². The number of rotatable bonds is 10. The molecule has 1 aromatic rings. The predicted octanol–water partition coefficient (Wildman–Crippen LogP) is 4.77. The molecular weight excluding hydrogens is 344 g/mol. The van der Waals surface area contributed by atoms with Crippen LogP contribution in [-0.4, -0.2) is 39.2 Å². The third-order valence-corrected chi connectivity index (χ3v) is 6.25. The lowest BCUT2D eigenvalue weighted by Crippen LogP contribution is -2.43. The summed E-state index contributed by atoms with van der Waals surface area (Å²) in [6.07, 6.45) is 11.1. The van der Waals surface area contributed by atoms with Gasteiger partial charge in [-0.15, -0.1) is 0 Å². The van der Waals surface area contributed by atoms with Crippen molar-refractivity contribution in [3.63, 3.8) is 0 Å². The molecule has 0 unspecified atom stereocenters. The smallest absolute Gasteiger partial charge is 0.229 e. The Morgan fingerprint density at radius 1 is 1.08 bits per heavy atom. The highest BCUT2D eigenvalue weighted by Gasteiger charge is 2.35. The zero-order valence-electron chi connectivity index (χ0n) is 16.8. The molecule has 1 aliphatic rings. The second-order valence-electron chi connectivity index (χ2n) is 7.89. The van der Waals surface area contributed by atoms with E-state index in [1.165, 1.54) is 50.5 Å². The molecule has 0 spiro atoms. The second kappa shape index (κ2) is 9.75. The average molecular weight is 381 g/mol. The van der Waals surface area contributed by atoms with Crippen molar-refractivity contribution in [3.05, 3.63) is 29.8 Å². The van der Waals surface area contributed by atoms with Crippen molar-refractivity contribution in [1.29, 1.82) is 0 Å². The van der Waals surface area contributed by atoms with Crippen molar-refractivity contribution >= 4 is 15.7 Å². The first-order valence-electron chi connectivity index (χ1n) is 10.2. The van der Waals surface area contributed by atoms with Gasteiger partial charge in [-0.25, -0.2) is 8.42 Å². The minimum Gasteiger partial charge on any atom is -0.303 e. The van der Waals surface area contributed by atoms with E-state index in [-0.39, 0.29) is 5.41 Å². The highest BCUT2D eigenvalue weighted by atomic mass is 32.2. The number of piperidine rings is 1. The lowest BCUT2D eigenvalue weighted by molar-refractivity contribution is 0.149. The van der Waals surface area contributed by atoms with Crippen molar-refractivity contribution < 1.29 is 8.42 Å². The van der Waals surface area contributed by atoms with Crippen LogP contribution in [0.15, 0.2) is 24.3 Å². The maximum absolute atomic E-state index is 11.6. The highest BCUT2D eigenvalue weighted by molar-refractivity contribution is 7.92. The van der Waals surface area contributed by atoms with Crippen LogP contribution in [0.5, 0.6) is 0 Å². The van der Waals surface area contributed by atoms with Crippen LogP contribution in [0.25, 0.3) is 0 Å². The maximum Gasteiger partial charge on any atom is 0.229 e. The first-order chi connectivity index (χ1) is 12.4. The zero-order valence-corrected chi connectivity index (χ0v) is 17.6. The lowest BCUT2D eigenvalue weighted by Gasteiger charge is -2.42. The molecule has 1 saturated heterocycles. The summed E-state index contributed by atoms with van der Waals surface area (Å²) in [7, 11) is -3.24. The van der Waals surface area contributed by atoms with Gasteiger partial charge in [0.25, 0.3) is 0 Å². The molecule has 0 radical (unpaired) electrons. The predicted molar refractivity (Wildman–Crippen MR) is 111 cm³/mol. The van der Waals surface area contributed by atoms with E-state index in [0.717, 1.165) is 32.4 Å². The fourth-order valence-corrected chi connectivity index (χ4v) is 4.81. The van der Waals surface area contributed by atoms with Crippen molar-refractivity contribution in [2.24, 2.45) is 0 Å². The van der Waals surface area contributed by atoms with Gasteiger partial charge >= 0.3 is 0 Å². The normalized spacial score (nSPS) is 18.0. The molecule has 1 heterocycles. The van der Waals surface area contributed by atoms with Crippen LogP contribution < -0.4 is 4.72 Å². The summed E-state index contributed by atoms with van der Waals surface area (Å²) in [5.74, 6) is 0. The molecule has 5 heteroatoms. The summed E-state index contributed by atoms with van der Waals surface area (Å²) >= 11 is 0. The molecule has 0 saturated carbocycles. The SMILES string of the molecule is CCCCCCN1CCC(CCC)(c2cccc(NS(C)(=O)=O)c2)CC1. The Labute approximate surface area is 160 Å². The quantitative estimate of drug-likeness (QED) is 0.595. The zero-order chi connectivity index (χ0) is 19.0. The van der Waals surface area contributed by atoms with E-state index in [2.05, 4.69) is 29.5 Å². The first-order valence-corrected chi connectivity index (χ1v) is 12.1. The Morgan fingerprint density at radius 3 is 2.42 bits per heavy atom. The number of anilines is 1. The largest absolute Gasteiger partial charge is 0.303 e. The molecule has 1 fully saturated rings. The number of benzene rings is 1. The minimum atomic E-state index is -3.24. The standard InChI is InChI=1S/C21H36N2O2S/c1-4-6-7-8-15-23-16-13-21(12-5-2,14-17-23)19-10-9-11-20(18-19)22-26(3,24)25/h9-11,18,22H,4-8,12-17H2,1-3H3. The number of hydrogen-bond acceptors (Lipinski definition) is 3. The number of likely N-dealkylation sites (tertiary alicyclic amines) is 1. The molecule has 26 heavy (non-hydrogen) atoms. The van der Waals surface area contributed by atoms with Gasteiger partial charge in [0.2, 0.25) is 10.0 Å². The lowest BCUT2D eigenvalue weighted by atomic mass is 9.70. The number of hydrogen-bond donors (Lipinski definition) is 1. The van der Waals surface area contributed by atoms with Gasteiger partial charge in [-0.05, 0) is 68.4 Å². The average Bonchev–Trinajstić information content (AvgIpc) is 2.59. The molecule has 1 aliphatic heterocycles. The molecule has 0 bridgehead atoms. The summed E-state index contributed by atoms with van der Waals surface area (Å²) in [6, 6.07) is 8.05. The molecular formula is C21H36N2O2S. The summed E-state index contributed by atoms with van der Waals surface area (Å²) in [4.78, 5) is 2.61. The van der Waals surface area contributed by atoms with Crippen LogP contribution in [-0.2, 0) is 15.4 Å². The van der Waals surface area contributed by atoms with Gasteiger partial charge in [-0.2, -0.15) is 0 Å². The fraction of sp³-hybridized carbons (Fsp3) is 0.714. The van der Waals surface area contributed by atoms with Gasteiger partial charge in [0.15, 0.2) is 0 Å². The Balaban J connectivity index is 2.06. The van der Waals surface area contributed by atoms with E-state index in [1.807, 2.05) is 18.2 Å². The van der Waals surface area contributed by atoms with E-state index in [9.17, 15) is 8.42 Å². The maximum atomic E-state index is 11.6. The summed E-state index contributed by atoms with van der Waals surface area (Å²) in [5.41, 5.74) is 2.16. The van der Waals surface area contributed by atoms with E-state index in [4.69, 9.17) is 0 Å². The Hall–Kier alpha value is -1.07. The number of sulfonamides is 1. The molecule has 0 aliphatic carbocycles. The summed E-state index contributed by atoms with van der Waals surface area (Å²) < 4.78 is 25.8. The van der Waals surface area contributed by atoms with Crippen LogP contribution in [0.4, 0.5) is 5.69 Å². The molecule has 1 N–H and O–H groups in total. The van der Waals surface area contributed by atoms with Crippen LogP contribution in [0.2, 0.25) is 0 Å². The van der Waals surface area contributed by atoms with Crippen molar-refractivity contribution in [3.8, 4) is 0 Å². The Bertz CT molecular complexity index is 650. The van der Waals surface area contributed by atoms with Gasteiger partial charge in [0.05, 0.1) is 6.26 Å². The molecule has 1 aromatic carbocycles. The van der Waals surface area contributed by atoms with Gasteiger partial charge in [0, 0.05) is 5.69 Å². The van der Waals surface area contributed by atoms with Crippen molar-refractivity contribution in [1.82, 2.24) is 4.90 Å². The molecule has 148 valence electrons. The van der Waals surface area contributed by atoms with Crippen molar-refractivity contribution in [2.75, 3.05) is 30.6 Å². The minimum absolute atomic E-state index is 0.184. The van der Waals surface area contributed by atoms with Crippen molar-refractivity contribution in [2.45, 2.75) is 70.6 Å². The van der Waals surface area contributed by atoms with Crippen LogP contribution in [0.1, 0.15) is 70.8 Å². The van der Waals surface area contributed by atoms with Crippen LogP contribution in [0, 0.1) is 0 Å². The molecule has 2 rings (SSSR count). The van der Waals surface area contributed by atoms with Gasteiger partial charge < -0.3 is 4.90 Å². The number of unbranched alkanes of at least 4 members (excludes halogenated alkanes) is 3. The van der Waals surface area contributed by atoms with E-state index in [0.29, 0.717) is 5.69 Å². The van der Waals surface area contributed by atoms with Gasteiger partial charge in [0.1, 0.15) is 0 Å². The van der Waals surface area contributed by atoms with Gasteiger partial charge in [-0.1, -0.05) is 51.7 Å². The first kappa shape index (κ1) is 21.2.